The molecule has 0 atom stereocenters. The van der Waals surface area contributed by atoms with Crippen molar-refractivity contribution in [2.45, 2.75) is 6.42 Å². The first kappa shape index (κ1) is 9.78. The van der Waals surface area contributed by atoms with Crippen molar-refractivity contribution in [2.24, 2.45) is 0 Å². The van der Waals surface area contributed by atoms with Crippen LogP contribution in [0.3, 0.4) is 0 Å². The van der Waals surface area contributed by atoms with Crippen molar-refractivity contribution >= 4 is 11.8 Å². The molecule has 0 aliphatic carbocycles. The zero-order valence-corrected chi connectivity index (χ0v) is 7.97. The second kappa shape index (κ2) is 4.18. The number of hydrogen-bond donors (Lipinski definition) is 1. The molecular weight excluding hydrogens is 200 g/mol. The molecule has 1 fully saturated rings. The van der Waals surface area contributed by atoms with E-state index in [-0.39, 0.29) is 24.9 Å². The predicted octanol–water partition coefficient (Wildman–Crippen LogP) is -1.43. The average molecular weight is 210 g/mol. The number of nitrogens with zero attached hydrogens (tertiary/aromatic N) is 3. The summed E-state index contributed by atoms with van der Waals surface area (Å²) in [7, 11) is 0. The molecule has 0 spiro atoms. The Bertz CT molecular complexity index is 346. The first-order chi connectivity index (χ1) is 7.24. The van der Waals surface area contributed by atoms with Crippen LogP contribution in [0.2, 0.25) is 0 Å². The van der Waals surface area contributed by atoms with Crippen LogP contribution >= 0.6 is 0 Å². The third-order valence-electron chi connectivity index (χ3n) is 2.06. The van der Waals surface area contributed by atoms with E-state index in [1.54, 1.807) is 4.90 Å². The largest absolute Gasteiger partial charge is 0.340 e. The minimum Gasteiger partial charge on any atom is -0.340 e. The maximum atomic E-state index is 11.0. The summed E-state index contributed by atoms with van der Waals surface area (Å²) < 4.78 is 4.80. The van der Waals surface area contributed by atoms with Gasteiger partial charge in [0.15, 0.2) is 6.33 Å². The molecule has 0 saturated carbocycles. The lowest BCUT2D eigenvalue weighted by Crippen LogP contribution is -2.51. The second-order valence-corrected chi connectivity index (χ2v) is 3.27. The molecule has 1 saturated heterocycles. The van der Waals surface area contributed by atoms with E-state index in [2.05, 4.69) is 15.5 Å². The molecule has 0 bridgehead atoms. The number of amides is 2. The molecule has 1 N–H and O–H groups in total. The van der Waals surface area contributed by atoms with Crippen LogP contribution in [-0.2, 0) is 16.0 Å². The van der Waals surface area contributed by atoms with Crippen molar-refractivity contribution in [3.8, 4) is 0 Å². The molecule has 2 amide bonds. The van der Waals surface area contributed by atoms with Gasteiger partial charge in [-0.2, -0.15) is 4.98 Å². The molecular formula is C8H10N4O3. The number of piperazine rings is 1. The minimum absolute atomic E-state index is 0.236. The number of carbonyl (C=O) groups excluding carboxylic acids is 2. The van der Waals surface area contributed by atoms with Crippen molar-refractivity contribution < 1.29 is 14.1 Å². The fraction of sp³-hybridized carbons (Fsp3) is 0.500. The van der Waals surface area contributed by atoms with Crippen molar-refractivity contribution in [1.82, 2.24) is 20.4 Å². The maximum absolute atomic E-state index is 11.0. The molecule has 2 rings (SSSR count). The van der Waals surface area contributed by atoms with Gasteiger partial charge in [-0.3, -0.25) is 19.8 Å². The molecule has 1 aromatic rings. The van der Waals surface area contributed by atoms with Gasteiger partial charge < -0.3 is 4.52 Å². The number of aromatic nitrogens is 2. The van der Waals surface area contributed by atoms with Crippen LogP contribution in [0.15, 0.2) is 10.9 Å². The van der Waals surface area contributed by atoms with Crippen LogP contribution in [0.4, 0.5) is 0 Å². The van der Waals surface area contributed by atoms with E-state index in [1.807, 2.05) is 0 Å². The van der Waals surface area contributed by atoms with Gasteiger partial charge in [0.25, 0.3) is 0 Å². The Kier molecular flexibility index (Phi) is 2.72. The molecule has 1 aromatic heterocycles. The highest BCUT2D eigenvalue weighted by molar-refractivity contribution is 5.99. The summed E-state index contributed by atoms with van der Waals surface area (Å²) in [5.41, 5.74) is 0. The number of hydrogen-bond acceptors (Lipinski definition) is 6. The van der Waals surface area contributed by atoms with Crippen LogP contribution in [0.25, 0.3) is 0 Å². The second-order valence-electron chi connectivity index (χ2n) is 3.27. The minimum atomic E-state index is -0.267. The number of imide groups is 1. The first-order valence-corrected chi connectivity index (χ1v) is 4.54. The number of carbonyl (C=O) groups is 2. The summed E-state index contributed by atoms with van der Waals surface area (Å²) in [5.74, 6) is -0.0259. The van der Waals surface area contributed by atoms with E-state index >= 15 is 0 Å². The van der Waals surface area contributed by atoms with Gasteiger partial charge in [-0.05, 0) is 0 Å². The zero-order chi connectivity index (χ0) is 10.7. The van der Waals surface area contributed by atoms with Gasteiger partial charge in [0.2, 0.25) is 17.7 Å². The molecule has 0 radical (unpaired) electrons. The molecule has 15 heavy (non-hydrogen) atoms. The summed E-state index contributed by atoms with van der Waals surface area (Å²) in [5, 5.41) is 5.70. The molecule has 1 aliphatic heterocycles. The van der Waals surface area contributed by atoms with Gasteiger partial charge in [0, 0.05) is 13.0 Å². The highest BCUT2D eigenvalue weighted by Gasteiger charge is 2.22. The zero-order valence-electron chi connectivity index (χ0n) is 7.97. The Hall–Kier alpha value is -1.76. The normalized spacial score (nSPS) is 17.9. The topological polar surface area (TPSA) is 88.3 Å². The van der Waals surface area contributed by atoms with Crippen LogP contribution in [0.1, 0.15) is 5.89 Å². The Morgan fingerprint density at radius 3 is 2.73 bits per heavy atom. The molecule has 7 heteroatoms. The van der Waals surface area contributed by atoms with Crippen LogP contribution < -0.4 is 5.32 Å². The molecule has 7 nitrogen and oxygen atoms in total. The van der Waals surface area contributed by atoms with Gasteiger partial charge in [-0.15, -0.1) is 0 Å². The van der Waals surface area contributed by atoms with E-state index in [0.717, 1.165) is 0 Å². The SMILES string of the molecule is O=C1CN(CCc2ncno2)CC(=O)N1. The summed E-state index contributed by atoms with van der Waals surface area (Å²) in [6.45, 7) is 1.03. The predicted molar refractivity (Wildman–Crippen MR) is 47.6 cm³/mol. The fourth-order valence-electron chi connectivity index (χ4n) is 1.41. The van der Waals surface area contributed by atoms with Crippen LogP contribution in [-0.4, -0.2) is 46.5 Å². The Labute approximate surface area is 85.4 Å². The summed E-state index contributed by atoms with van der Waals surface area (Å²) >= 11 is 0. The monoisotopic (exact) mass is 210 g/mol. The first-order valence-electron chi connectivity index (χ1n) is 4.54. The number of rotatable bonds is 3. The lowest BCUT2D eigenvalue weighted by molar-refractivity contribution is -0.136. The van der Waals surface area contributed by atoms with E-state index < -0.39 is 0 Å². The van der Waals surface area contributed by atoms with Crippen molar-refractivity contribution in [3.63, 3.8) is 0 Å². The van der Waals surface area contributed by atoms with Gasteiger partial charge in [-0.25, -0.2) is 0 Å². The van der Waals surface area contributed by atoms with Gasteiger partial charge >= 0.3 is 0 Å². The average Bonchev–Trinajstić information content (AvgIpc) is 2.65. The summed E-state index contributed by atoms with van der Waals surface area (Å²) in [6, 6.07) is 0. The smallest absolute Gasteiger partial charge is 0.240 e. The maximum Gasteiger partial charge on any atom is 0.240 e. The molecule has 0 aromatic carbocycles. The standard InChI is InChI=1S/C8H10N4O3/c13-6-3-12(4-7(14)11-6)2-1-8-9-5-10-15-8/h5H,1-4H2,(H,11,13,14). The third kappa shape index (κ3) is 2.59. The van der Waals surface area contributed by atoms with Gasteiger partial charge in [-0.1, -0.05) is 5.16 Å². The van der Waals surface area contributed by atoms with Crippen LogP contribution in [0, 0.1) is 0 Å². The van der Waals surface area contributed by atoms with Crippen molar-refractivity contribution in [1.29, 1.82) is 0 Å². The Morgan fingerprint density at radius 1 is 1.40 bits per heavy atom. The van der Waals surface area contributed by atoms with Crippen molar-refractivity contribution in [3.05, 3.63) is 12.2 Å². The van der Waals surface area contributed by atoms with Crippen molar-refractivity contribution in [2.75, 3.05) is 19.6 Å². The molecule has 80 valence electrons. The van der Waals surface area contributed by atoms with E-state index in [4.69, 9.17) is 4.52 Å². The molecule has 0 unspecified atom stereocenters. The summed E-state index contributed by atoms with van der Waals surface area (Å²) in [6.07, 6.45) is 1.87. The van der Waals surface area contributed by atoms with E-state index in [1.165, 1.54) is 6.33 Å². The lowest BCUT2D eigenvalue weighted by atomic mass is 10.3. The van der Waals surface area contributed by atoms with E-state index in [9.17, 15) is 9.59 Å². The third-order valence-corrected chi connectivity index (χ3v) is 2.06. The van der Waals surface area contributed by atoms with Crippen LogP contribution in [0.5, 0.6) is 0 Å². The highest BCUT2D eigenvalue weighted by Crippen LogP contribution is 1.99. The summed E-state index contributed by atoms with van der Waals surface area (Å²) in [4.78, 5) is 27.6. The number of nitrogens with one attached hydrogen (secondary N) is 1. The lowest BCUT2D eigenvalue weighted by Gasteiger charge is -2.24. The van der Waals surface area contributed by atoms with E-state index in [0.29, 0.717) is 18.9 Å². The van der Waals surface area contributed by atoms with Gasteiger partial charge in [0.05, 0.1) is 13.1 Å². The van der Waals surface area contributed by atoms with Gasteiger partial charge in [0.1, 0.15) is 0 Å². The molecule has 1 aliphatic rings. The fourth-order valence-corrected chi connectivity index (χ4v) is 1.41. The Balaban J connectivity index is 1.84. The quantitative estimate of drug-likeness (QED) is 0.615. The molecule has 2 heterocycles. The Morgan fingerprint density at radius 2 is 2.13 bits per heavy atom. The highest BCUT2D eigenvalue weighted by atomic mass is 16.5.